The zero-order valence-electron chi connectivity index (χ0n) is 19.1. The zero-order valence-corrected chi connectivity index (χ0v) is 19.1. The van der Waals surface area contributed by atoms with Crippen LogP contribution in [0.5, 0.6) is 0 Å². The van der Waals surface area contributed by atoms with Gasteiger partial charge in [-0.3, -0.25) is 14.4 Å². The van der Waals surface area contributed by atoms with E-state index >= 15 is 0 Å². The molecule has 0 aromatic heterocycles. The maximum Gasteiger partial charge on any atom is 0.306 e. The quantitative estimate of drug-likeness (QED) is 0.326. The van der Waals surface area contributed by atoms with Gasteiger partial charge in [0.2, 0.25) is 5.91 Å². The number of carbonyl (C=O) groups is 3. The van der Waals surface area contributed by atoms with Crippen LogP contribution in [0.3, 0.4) is 0 Å². The third-order valence-electron chi connectivity index (χ3n) is 5.34. The molecule has 6 heteroatoms. The van der Waals surface area contributed by atoms with Crippen LogP contribution < -0.4 is 5.32 Å². The molecule has 1 aromatic rings. The molecule has 0 aliphatic carbocycles. The van der Waals surface area contributed by atoms with E-state index < -0.39 is 6.04 Å². The van der Waals surface area contributed by atoms with Crippen molar-refractivity contribution < 1.29 is 24.2 Å². The number of benzene rings is 1. The van der Waals surface area contributed by atoms with E-state index in [-0.39, 0.29) is 49.1 Å². The summed E-state index contributed by atoms with van der Waals surface area (Å²) >= 11 is 0. The van der Waals surface area contributed by atoms with Gasteiger partial charge in [0.15, 0.2) is 5.78 Å². The standard InChI is InChI=1S/C25H37NO5/c1-5-16-31-24(29)11-7-9-22(18(2)3)25(30)26-19(4)23(28)10-6-8-20-12-14-21(17-27)15-13-20/h5,12-15,18-19,22,27H,1,6-11,16-17H2,2-4H3,(H,26,30)/t19-,22-/m0/s1. The van der Waals surface area contributed by atoms with Gasteiger partial charge in [-0.1, -0.05) is 50.8 Å². The summed E-state index contributed by atoms with van der Waals surface area (Å²) in [7, 11) is 0. The van der Waals surface area contributed by atoms with Gasteiger partial charge in [-0.05, 0) is 49.7 Å². The summed E-state index contributed by atoms with van der Waals surface area (Å²) in [6.45, 7) is 9.38. The van der Waals surface area contributed by atoms with Gasteiger partial charge in [0.25, 0.3) is 0 Å². The molecule has 6 nitrogen and oxygen atoms in total. The van der Waals surface area contributed by atoms with Crippen molar-refractivity contribution in [3.05, 3.63) is 48.0 Å². The Morgan fingerprint density at radius 2 is 1.71 bits per heavy atom. The molecule has 0 radical (unpaired) electrons. The molecule has 0 heterocycles. The Labute approximate surface area is 186 Å². The molecule has 1 aromatic carbocycles. The number of amides is 1. The first-order valence-corrected chi connectivity index (χ1v) is 11.1. The van der Waals surface area contributed by atoms with Gasteiger partial charge in [0, 0.05) is 18.8 Å². The first-order valence-electron chi connectivity index (χ1n) is 11.1. The van der Waals surface area contributed by atoms with Crippen LogP contribution >= 0.6 is 0 Å². The molecule has 0 saturated heterocycles. The first-order chi connectivity index (χ1) is 14.8. The van der Waals surface area contributed by atoms with Crippen molar-refractivity contribution in [1.29, 1.82) is 0 Å². The normalized spacial score (nSPS) is 12.8. The lowest BCUT2D eigenvalue weighted by molar-refractivity contribution is -0.142. The number of aliphatic hydroxyl groups excluding tert-OH is 1. The van der Waals surface area contributed by atoms with Crippen LogP contribution in [0.2, 0.25) is 0 Å². The highest BCUT2D eigenvalue weighted by molar-refractivity contribution is 5.89. The molecule has 0 aliphatic heterocycles. The van der Waals surface area contributed by atoms with E-state index in [0.29, 0.717) is 25.7 Å². The summed E-state index contributed by atoms with van der Waals surface area (Å²) in [5, 5.41) is 11.9. The molecule has 0 fully saturated rings. The number of esters is 1. The number of rotatable bonds is 15. The molecule has 1 rings (SSSR count). The van der Waals surface area contributed by atoms with Gasteiger partial charge < -0.3 is 15.2 Å². The lowest BCUT2D eigenvalue weighted by atomic mass is 9.89. The number of ketones is 1. The second kappa shape index (κ2) is 14.5. The molecule has 0 spiro atoms. The fraction of sp³-hybridized carbons (Fsp3) is 0.560. The predicted molar refractivity (Wildman–Crippen MR) is 121 cm³/mol. The topological polar surface area (TPSA) is 92.7 Å². The SMILES string of the molecule is C=CCOC(=O)CCC[C@H](C(=O)N[C@@H](C)C(=O)CCCc1ccc(CO)cc1)C(C)C. The van der Waals surface area contributed by atoms with Crippen LogP contribution in [0.1, 0.15) is 64.0 Å². The van der Waals surface area contributed by atoms with E-state index in [2.05, 4.69) is 11.9 Å². The lowest BCUT2D eigenvalue weighted by Gasteiger charge is -2.22. The van der Waals surface area contributed by atoms with E-state index in [0.717, 1.165) is 17.5 Å². The minimum atomic E-state index is -0.539. The summed E-state index contributed by atoms with van der Waals surface area (Å²) in [6.07, 6.45) is 4.78. The second-order valence-corrected chi connectivity index (χ2v) is 8.24. The third kappa shape index (κ3) is 10.4. The maximum atomic E-state index is 12.7. The maximum absolute atomic E-state index is 12.7. The first kappa shape index (κ1) is 26.6. The molecular weight excluding hydrogens is 394 g/mol. The van der Waals surface area contributed by atoms with Crippen LogP contribution in [0.25, 0.3) is 0 Å². The number of hydrogen-bond donors (Lipinski definition) is 2. The second-order valence-electron chi connectivity index (χ2n) is 8.24. The summed E-state index contributed by atoms with van der Waals surface area (Å²) in [4.78, 5) is 36.7. The summed E-state index contributed by atoms with van der Waals surface area (Å²) < 4.78 is 4.96. The highest BCUT2D eigenvalue weighted by atomic mass is 16.5. The van der Waals surface area contributed by atoms with Crippen LogP contribution in [0.15, 0.2) is 36.9 Å². The van der Waals surface area contributed by atoms with Crippen molar-refractivity contribution in [3.8, 4) is 0 Å². The molecule has 1 amide bonds. The highest BCUT2D eigenvalue weighted by Crippen LogP contribution is 2.19. The van der Waals surface area contributed by atoms with Crippen LogP contribution in [0.4, 0.5) is 0 Å². The number of aliphatic hydroxyl groups is 1. The molecule has 2 atom stereocenters. The minimum Gasteiger partial charge on any atom is -0.461 e. The van der Waals surface area contributed by atoms with Crippen molar-refractivity contribution in [2.75, 3.05) is 6.61 Å². The Kier molecular flexibility index (Phi) is 12.4. The number of hydrogen-bond acceptors (Lipinski definition) is 5. The molecule has 0 bridgehead atoms. The highest BCUT2D eigenvalue weighted by Gasteiger charge is 2.25. The monoisotopic (exact) mass is 431 g/mol. The Bertz CT molecular complexity index is 711. The minimum absolute atomic E-state index is 0.0100. The van der Waals surface area contributed by atoms with Crippen molar-refractivity contribution in [2.45, 2.75) is 71.9 Å². The molecule has 172 valence electrons. The number of aryl methyl sites for hydroxylation is 1. The van der Waals surface area contributed by atoms with Crippen molar-refractivity contribution >= 4 is 17.7 Å². The van der Waals surface area contributed by atoms with Gasteiger partial charge in [-0.25, -0.2) is 0 Å². The van der Waals surface area contributed by atoms with Gasteiger partial charge >= 0.3 is 5.97 Å². The molecule has 0 saturated carbocycles. The average molecular weight is 432 g/mol. The van der Waals surface area contributed by atoms with E-state index in [1.54, 1.807) is 6.92 Å². The zero-order chi connectivity index (χ0) is 23.2. The Morgan fingerprint density at radius 1 is 1.06 bits per heavy atom. The fourth-order valence-electron chi connectivity index (χ4n) is 3.35. The van der Waals surface area contributed by atoms with Gasteiger partial charge in [0.05, 0.1) is 12.6 Å². The molecule has 0 unspecified atom stereocenters. The van der Waals surface area contributed by atoms with Crippen molar-refractivity contribution in [2.24, 2.45) is 11.8 Å². The van der Waals surface area contributed by atoms with Crippen molar-refractivity contribution in [3.63, 3.8) is 0 Å². The van der Waals surface area contributed by atoms with Crippen LogP contribution in [0, 0.1) is 11.8 Å². The molecule has 2 N–H and O–H groups in total. The summed E-state index contributed by atoms with van der Waals surface area (Å²) in [6, 6.07) is 7.14. The number of Topliss-reactive ketones (excluding diaryl/α,β-unsaturated/α-hetero) is 1. The lowest BCUT2D eigenvalue weighted by Crippen LogP contribution is -2.43. The number of ether oxygens (including phenoxy) is 1. The number of carbonyl (C=O) groups excluding carboxylic acids is 3. The molecule has 31 heavy (non-hydrogen) atoms. The smallest absolute Gasteiger partial charge is 0.306 e. The van der Waals surface area contributed by atoms with E-state index in [4.69, 9.17) is 9.84 Å². The molecular formula is C25H37NO5. The average Bonchev–Trinajstić information content (AvgIpc) is 2.75. The van der Waals surface area contributed by atoms with Crippen LogP contribution in [-0.2, 0) is 32.1 Å². The van der Waals surface area contributed by atoms with Crippen LogP contribution in [-0.4, -0.2) is 35.4 Å². The van der Waals surface area contributed by atoms with Crippen molar-refractivity contribution in [1.82, 2.24) is 5.32 Å². The van der Waals surface area contributed by atoms with Gasteiger partial charge in [0.1, 0.15) is 6.61 Å². The number of nitrogens with one attached hydrogen (secondary N) is 1. The van der Waals surface area contributed by atoms with Gasteiger partial charge in [-0.2, -0.15) is 0 Å². The molecule has 0 aliphatic rings. The Balaban J connectivity index is 2.41. The fourth-order valence-corrected chi connectivity index (χ4v) is 3.35. The van der Waals surface area contributed by atoms with E-state index in [1.165, 1.54) is 6.08 Å². The van der Waals surface area contributed by atoms with E-state index in [1.807, 2.05) is 38.1 Å². The summed E-state index contributed by atoms with van der Waals surface area (Å²) in [5.74, 6) is -0.580. The van der Waals surface area contributed by atoms with Gasteiger partial charge in [-0.15, -0.1) is 0 Å². The van der Waals surface area contributed by atoms with E-state index in [9.17, 15) is 14.4 Å². The largest absolute Gasteiger partial charge is 0.461 e. The Morgan fingerprint density at radius 3 is 2.29 bits per heavy atom. The predicted octanol–water partition coefficient (Wildman–Crippen LogP) is 3.75. The summed E-state index contributed by atoms with van der Waals surface area (Å²) in [5.41, 5.74) is 1.98. The Hall–Kier alpha value is -2.47. The third-order valence-corrected chi connectivity index (χ3v) is 5.34.